The molecule has 0 aliphatic rings. The lowest BCUT2D eigenvalue weighted by atomic mass is 10.1. The van der Waals surface area contributed by atoms with Crippen molar-refractivity contribution in [2.75, 3.05) is 5.73 Å². The predicted molar refractivity (Wildman–Crippen MR) is 57.2 cm³/mol. The lowest BCUT2D eigenvalue weighted by molar-refractivity contribution is 0.619. The third-order valence-electron chi connectivity index (χ3n) is 2.11. The maximum Gasteiger partial charge on any atom is 0.349 e. The van der Waals surface area contributed by atoms with Crippen molar-refractivity contribution in [2.24, 2.45) is 0 Å². The molecule has 0 unspecified atom stereocenters. The Bertz CT molecular complexity index is 594. The van der Waals surface area contributed by atoms with Crippen molar-refractivity contribution in [1.82, 2.24) is 15.0 Å². The Balaban J connectivity index is 2.58. The monoisotopic (exact) mass is 220 g/mol. The van der Waals surface area contributed by atoms with Crippen LogP contribution in [0.25, 0.3) is 11.4 Å². The first-order chi connectivity index (χ1) is 7.56. The fourth-order valence-corrected chi connectivity index (χ4v) is 1.28. The highest BCUT2D eigenvalue weighted by molar-refractivity contribution is 5.56. The average Bonchev–Trinajstić information content (AvgIpc) is 2.20. The summed E-state index contributed by atoms with van der Waals surface area (Å²) in [4.78, 5) is 20.6. The van der Waals surface area contributed by atoms with Crippen LogP contribution < -0.4 is 11.4 Å². The number of nitrogens with two attached hydrogens (primary N) is 1. The van der Waals surface area contributed by atoms with E-state index in [9.17, 15) is 9.18 Å². The number of hydrogen-bond donors (Lipinski definition) is 2. The van der Waals surface area contributed by atoms with Gasteiger partial charge in [0.15, 0.2) is 0 Å². The van der Waals surface area contributed by atoms with Gasteiger partial charge in [-0.25, -0.2) is 9.18 Å². The van der Waals surface area contributed by atoms with E-state index in [1.165, 1.54) is 6.07 Å². The van der Waals surface area contributed by atoms with Crippen LogP contribution in [0.4, 0.5) is 10.3 Å². The third-order valence-corrected chi connectivity index (χ3v) is 2.11. The molecule has 2 aromatic rings. The summed E-state index contributed by atoms with van der Waals surface area (Å²) in [5.74, 6) is -0.299. The van der Waals surface area contributed by atoms with E-state index in [1.807, 2.05) is 0 Å². The van der Waals surface area contributed by atoms with Crippen LogP contribution in [0.3, 0.4) is 0 Å². The molecule has 0 atom stereocenters. The number of nitrogen functional groups attached to an aromatic ring is 1. The van der Waals surface area contributed by atoms with Crippen LogP contribution in [0.1, 0.15) is 5.56 Å². The summed E-state index contributed by atoms with van der Waals surface area (Å²) in [5.41, 5.74) is 5.70. The summed E-state index contributed by atoms with van der Waals surface area (Å²) >= 11 is 0. The van der Waals surface area contributed by atoms with E-state index in [1.54, 1.807) is 19.1 Å². The largest absolute Gasteiger partial charge is 0.368 e. The van der Waals surface area contributed by atoms with E-state index >= 15 is 0 Å². The third kappa shape index (κ3) is 1.90. The van der Waals surface area contributed by atoms with Crippen molar-refractivity contribution in [1.29, 1.82) is 0 Å². The summed E-state index contributed by atoms with van der Waals surface area (Å²) < 4.78 is 13.3. The highest BCUT2D eigenvalue weighted by Crippen LogP contribution is 2.17. The average molecular weight is 220 g/mol. The highest BCUT2D eigenvalue weighted by Gasteiger charge is 2.05. The van der Waals surface area contributed by atoms with E-state index in [0.717, 1.165) is 0 Å². The smallest absolute Gasteiger partial charge is 0.349 e. The number of nitrogens with one attached hydrogen (secondary N) is 1. The molecule has 0 radical (unpaired) electrons. The van der Waals surface area contributed by atoms with Gasteiger partial charge in [-0.2, -0.15) is 9.97 Å². The zero-order valence-corrected chi connectivity index (χ0v) is 8.49. The first-order valence-corrected chi connectivity index (χ1v) is 4.56. The highest BCUT2D eigenvalue weighted by atomic mass is 19.1. The second-order valence-corrected chi connectivity index (χ2v) is 3.32. The van der Waals surface area contributed by atoms with Crippen molar-refractivity contribution < 1.29 is 4.39 Å². The molecule has 3 N–H and O–H groups in total. The van der Waals surface area contributed by atoms with Gasteiger partial charge in [0.25, 0.3) is 0 Å². The van der Waals surface area contributed by atoms with Crippen LogP contribution in [0.2, 0.25) is 0 Å². The zero-order chi connectivity index (χ0) is 11.7. The Morgan fingerprint density at radius 1 is 1.38 bits per heavy atom. The molecule has 1 aromatic carbocycles. The second kappa shape index (κ2) is 3.73. The molecule has 0 bridgehead atoms. The van der Waals surface area contributed by atoms with Crippen molar-refractivity contribution in [3.05, 3.63) is 40.1 Å². The molecule has 0 saturated heterocycles. The quantitative estimate of drug-likeness (QED) is 0.746. The molecule has 0 fully saturated rings. The molecule has 16 heavy (non-hydrogen) atoms. The number of aromatic nitrogens is 3. The lowest BCUT2D eigenvalue weighted by Gasteiger charge is -2.02. The molecule has 0 aliphatic heterocycles. The van der Waals surface area contributed by atoms with E-state index in [0.29, 0.717) is 11.1 Å². The minimum absolute atomic E-state index is 0.139. The zero-order valence-electron chi connectivity index (χ0n) is 8.49. The van der Waals surface area contributed by atoms with Gasteiger partial charge in [0.1, 0.15) is 11.6 Å². The van der Waals surface area contributed by atoms with Crippen LogP contribution in [0.15, 0.2) is 23.0 Å². The van der Waals surface area contributed by atoms with Crippen molar-refractivity contribution in [3.63, 3.8) is 0 Å². The van der Waals surface area contributed by atoms with Gasteiger partial charge in [-0.15, -0.1) is 0 Å². The van der Waals surface area contributed by atoms with Gasteiger partial charge in [0.05, 0.1) is 0 Å². The summed E-state index contributed by atoms with van der Waals surface area (Å²) in [7, 11) is 0. The molecule has 1 aromatic heterocycles. The molecule has 0 saturated carbocycles. The Kier molecular flexibility index (Phi) is 2.40. The molecular weight excluding hydrogens is 211 g/mol. The fourth-order valence-electron chi connectivity index (χ4n) is 1.28. The molecule has 0 aliphatic carbocycles. The van der Waals surface area contributed by atoms with Crippen molar-refractivity contribution >= 4 is 5.95 Å². The maximum atomic E-state index is 13.3. The summed E-state index contributed by atoms with van der Waals surface area (Å²) in [5, 5.41) is 0. The SMILES string of the molecule is Cc1ccc(-c2nc(N)nc(=O)[nH]2)cc1F. The first-order valence-electron chi connectivity index (χ1n) is 4.56. The Hall–Kier alpha value is -2.24. The molecule has 0 spiro atoms. The van der Waals surface area contributed by atoms with E-state index in [-0.39, 0.29) is 17.6 Å². The number of rotatable bonds is 1. The van der Waals surface area contributed by atoms with Crippen LogP contribution >= 0.6 is 0 Å². The van der Waals surface area contributed by atoms with E-state index in [4.69, 9.17) is 5.73 Å². The number of hydrogen-bond acceptors (Lipinski definition) is 4. The molecule has 0 amide bonds. The molecule has 2 rings (SSSR count). The van der Waals surface area contributed by atoms with Crippen LogP contribution in [-0.4, -0.2) is 15.0 Å². The molecular formula is C10H9FN4O. The van der Waals surface area contributed by atoms with Crippen LogP contribution in [0.5, 0.6) is 0 Å². The van der Waals surface area contributed by atoms with Crippen LogP contribution in [0, 0.1) is 12.7 Å². The Labute approximate surface area is 90.2 Å². The Morgan fingerprint density at radius 3 is 2.75 bits per heavy atom. The number of aryl methyl sites for hydroxylation is 1. The van der Waals surface area contributed by atoms with Gasteiger partial charge < -0.3 is 5.73 Å². The number of halogens is 1. The van der Waals surface area contributed by atoms with Gasteiger partial charge in [-0.05, 0) is 18.6 Å². The predicted octanol–water partition coefficient (Wildman–Crippen LogP) is 0.862. The minimum atomic E-state index is -0.608. The van der Waals surface area contributed by atoms with Gasteiger partial charge in [-0.1, -0.05) is 12.1 Å². The summed E-state index contributed by atoms with van der Waals surface area (Å²) in [6.07, 6.45) is 0. The van der Waals surface area contributed by atoms with Crippen LogP contribution in [-0.2, 0) is 0 Å². The number of aromatic amines is 1. The van der Waals surface area contributed by atoms with E-state index < -0.39 is 5.69 Å². The summed E-state index contributed by atoms with van der Waals surface area (Å²) in [6.45, 7) is 1.65. The van der Waals surface area contributed by atoms with Crippen molar-refractivity contribution in [2.45, 2.75) is 6.92 Å². The van der Waals surface area contributed by atoms with Gasteiger partial charge in [0.2, 0.25) is 5.95 Å². The van der Waals surface area contributed by atoms with Gasteiger partial charge in [-0.3, -0.25) is 4.98 Å². The van der Waals surface area contributed by atoms with Gasteiger partial charge >= 0.3 is 5.69 Å². The Morgan fingerprint density at radius 2 is 2.12 bits per heavy atom. The summed E-state index contributed by atoms with van der Waals surface area (Å²) in [6, 6.07) is 4.53. The molecule has 6 heteroatoms. The number of anilines is 1. The number of nitrogens with zero attached hydrogens (tertiary/aromatic N) is 2. The second-order valence-electron chi connectivity index (χ2n) is 3.32. The minimum Gasteiger partial charge on any atom is -0.368 e. The molecule has 82 valence electrons. The lowest BCUT2D eigenvalue weighted by Crippen LogP contribution is -2.15. The fraction of sp³-hybridized carbons (Fsp3) is 0.100. The van der Waals surface area contributed by atoms with Crippen molar-refractivity contribution in [3.8, 4) is 11.4 Å². The normalized spacial score (nSPS) is 10.4. The van der Waals surface area contributed by atoms with Gasteiger partial charge in [0, 0.05) is 5.56 Å². The molecule has 5 nitrogen and oxygen atoms in total. The topological polar surface area (TPSA) is 84.7 Å². The standard InChI is InChI=1S/C10H9FN4O/c1-5-2-3-6(4-7(5)11)8-13-9(12)15-10(16)14-8/h2-4H,1H3,(H3,12,13,14,15,16). The first kappa shape index (κ1) is 10.3. The maximum absolute atomic E-state index is 13.3. The molecule has 1 heterocycles. The van der Waals surface area contributed by atoms with E-state index in [2.05, 4.69) is 15.0 Å². The number of benzene rings is 1. The number of H-pyrrole nitrogens is 1.